The summed E-state index contributed by atoms with van der Waals surface area (Å²) in [4.78, 5) is 16.1. The first kappa shape index (κ1) is 18.6. The van der Waals surface area contributed by atoms with Crippen LogP contribution in [-0.4, -0.2) is 35.2 Å². The van der Waals surface area contributed by atoms with Crippen molar-refractivity contribution >= 4 is 30.1 Å². The molecular formula is C18H27ClN2OS. The Balaban J connectivity index is 0.00000192. The fraction of sp³-hybridized carbons (Fsp3) is 0.611. The van der Waals surface area contributed by atoms with Crippen molar-refractivity contribution in [2.45, 2.75) is 49.0 Å². The van der Waals surface area contributed by atoms with E-state index in [0.29, 0.717) is 5.92 Å². The van der Waals surface area contributed by atoms with E-state index >= 15 is 0 Å². The molecule has 1 saturated carbocycles. The monoisotopic (exact) mass is 354 g/mol. The van der Waals surface area contributed by atoms with Crippen LogP contribution < -0.4 is 5.73 Å². The molecule has 2 N–H and O–H groups in total. The number of benzene rings is 1. The maximum absolute atomic E-state index is 12.7. The molecule has 3 rings (SSSR count). The highest BCUT2D eigenvalue weighted by molar-refractivity contribution is 7.99. The summed E-state index contributed by atoms with van der Waals surface area (Å²) in [5.41, 5.74) is 5.83. The van der Waals surface area contributed by atoms with Gasteiger partial charge in [0.05, 0.1) is 5.54 Å². The van der Waals surface area contributed by atoms with E-state index in [4.69, 9.17) is 5.73 Å². The second kappa shape index (κ2) is 8.41. The second-order valence-electron chi connectivity index (χ2n) is 6.75. The fourth-order valence-corrected chi connectivity index (χ4v) is 4.65. The highest BCUT2D eigenvalue weighted by Crippen LogP contribution is 2.31. The van der Waals surface area contributed by atoms with E-state index in [1.54, 1.807) is 0 Å². The van der Waals surface area contributed by atoms with Crippen molar-refractivity contribution < 1.29 is 4.79 Å². The lowest BCUT2D eigenvalue weighted by molar-refractivity contribution is -0.137. The average molecular weight is 355 g/mol. The van der Waals surface area contributed by atoms with Crippen LogP contribution in [0.5, 0.6) is 0 Å². The number of nitrogens with zero attached hydrogens (tertiary/aromatic N) is 1. The SMILES string of the molecule is Cl.NC1(C(=O)N2CCC(CSc3ccccc3)C2)CCCCC1. The Labute approximate surface area is 149 Å². The van der Waals surface area contributed by atoms with Gasteiger partial charge in [0.15, 0.2) is 0 Å². The van der Waals surface area contributed by atoms with Crippen LogP contribution in [0.3, 0.4) is 0 Å². The number of nitrogens with two attached hydrogens (primary N) is 1. The molecule has 1 aliphatic carbocycles. The van der Waals surface area contributed by atoms with Crippen molar-refractivity contribution in [1.82, 2.24) is 4.90 Å². The van der Waals surface area contributed by atoms with Gasteiger partial charge in [0.2, 0.25) is 5.91 Å². The summed E-state index contributed by atoms with van der Waals surface area (Å²) >= 11 is 1.90. The van der Waals surface area contributed by atoms with Gasteiger partial charge in [-0.2, -0.15) is 0 Å². The molecule has 1 saturated heterocycles. The molecular weight excluding hydrogens is 328 g/mol. The minimum absolute atomic E-state index is 0. The number of thioether (sulfide) groups is 1. The lowest BCUT2D eigenvalue weighted by Gasteiger charge is -2.35. The normalized spacial score (nSPS) is 23.3. The van der Waals surface area contributed by atoms with Crippen molar-refractivity contribution in [2.24, 2.45) is 11.7 Å². The zero-order valence-electron chi connectivity index (χ0n) is 13.6. The second-order valence-corrected chi connectivity index (χ2v) is 7.84. The molecule has 1 aromatic rings. The molecule has 0 radical (unpaired) electrons. The summed E-state index contributed by atoms with van der Waals surface area (Å²) in [7, 11) is 0. The van der Waals surface area contributed by atoms with E-state index in [2.05, 4.69) is 24.3 Å². The van der Waals surface area contributed by atoms with Gasteiger partial charge in [0, 0.05) is 23.7 Å². The van der Waals surface area contributed by atoms with Crippen LogP contribution in [-0.2, 0) is 4.79 Å². The number of rotatable bonds is 4. The fourth-order valence-electron chi connectivity index (χ4n) is 3.60. The molecule has 1 atom stereocenters. The first-order valence-corrected chi connectivity index (χ1v) is 9.42. The number of likely N-dealkylation sites (tertiary alicyclic amines) is 1. The summed E-state index contributed by atoms with van der Waals surface area (Å²) in [6.45, 7) is 1.77. The van der Waals surface area contributed by atoms with E-state index in [1.165, 1.54) is 11.3 Å². The van der Waals surface area contributed by atoms with Crippen molar-refractivity contribution in [3.63, 3.8) is 0 Å². The first-order valence-electron chi connectivity index (χ1n) is 8.43. The highest BCUT2D eigenvalue weighted by atomic mass is 35.5. The Bertz CT molecular complexity index is 505. The Morgan fingerprint density at radius 3 is 2.61 bits per heavy atom. The van der Waals surface area contributed by atoms with Gasteiger partial charge in [-0.1, -0.05) is 37.5 Å². The zero-order valence-corrected chi connectivity index (χ0v) is 15.2. The standard InChI is InChI=1S/C18H26N2OS.ClH/c19-18(10-5-2-6-11-18)17(21)20-12-9-15(13-20)14-22-16-7-3-1-4-8-16;/h1,3-4,7-8,15H,2,5-6,9-14,19H2;1H. The molecule has 0 aromatic heterocycles. The molecule has 1 aromatic carbocycles. The van der Waals surface area contributed by atoms with Crippen molar-refractivity contribution in [1.29, 1.82) is 0 Å². The maximum atomic E-state index is 12.7. The van der Waals surface area contributed by atoms with Gasteiger partial charge in [-0.15, -0.1) is 24.2 Å². The van der Waals surface area contributed by atoms with Crippen LogP contribution in [0, 0.1) is 5.92 Å². The summed E-state index contributed by atoms with van der Waals surface area (Å²) in [5, 5.41) is 0. The summed E-state index contributed by atoms with van der Waals surface area (Å²) in [5.74, 6) is 1.89. The van der Waals surface area contributed by atoms with Crippen molar-refractivity contribution in [2.75, 3.05) is 18.8 Å². The number of hydrogen-bond donors (Lipinski definition) is 1. The van der Waals surface area contributed by atoms with Crippen LogP contribution >= 0.6 is 24.2 Å². The lowest BCUT2D eigenvalue weighted by atomic mass is 9.81. The van der Waals surface area contributed by atoms with Gasteiger partial charge in [0.25, 0.3) is 0 Å². The summed E-state index contributed by atoms with van der Waals surface area (Å²) < 4.78 is 0. The Morgan fingerprint density at radius 1 is 1.22 bits per heavy atom. The predicted octanol–water partition coefficient (Wildman–Crippen LogP) is 3.71. The molecule has 3 nitrogen and oxygen atoms in total. The van der Waals surface area contributed by atoms with E-state index in [-0.39, 0.29) is 18.3 Å². The Morgan fingerprint density at radius 2 is 1.91 bits per heavy atom. The number of amides is 1. The third-order valence-corrected chi connectivity index (χ3v) is 6.22. The quantitative estimate of drug-likeness (QED) is 0.838. The summed E-state index contributed by atoms with van der Waals surface area (Å²) in [6, 6.07) is 10.5. The smallest absolute Gasteiger partial charge is 0.242 e. The maximum Gasteiger partial charge on any atom is 0.242 e. The van der Waals surface area contributed by atoms with Crippen LogP contribution in [0.25, 0.3) is 0 Å². The van der Waals surface area contributed by atoms with Crippen molar-refractivity contribution in [3.05, 3.63) is 30.3 Å². The molecule has 2 fully saturated rings. The number of carbonyl (C=O) groups excluding carboxylic acids is 1. The van der Waals surface area contributed by atoms with Gasteiger partial charge in [0.1, 0.15) is 0 Å². The molecule has 1 aliphatic heterocycles. The third kappa shape index (κ3) is 4.65. The number of carbonyl (C=O) groups is 1. The Kier molecular flexibility index (Phi) is 6.81. The van der Waals surface area contributed by atoms with Crippen molar-refractivity contribution in [3.8, 4) is 0 Å². The average Bonchev–Trinajstić information content (AvgIpc) is 3.03. The number of hydrogen-bond acceptors (Lipinski definition) is 3. The van der Waals surface area contributed by atoms with Gasteiger partial charge in [-0.25, -0.2) is 0 Å². The topological polar surface area (TPSA) is 46.3 Å². The molecule has 23 heavy (non-hydrogen) atoms. The van der Waals surface area contributed by atoms with Gasteiger partial charge in [-0.05, 0) is 37.3 Å². The molecule has 1 heterocycles. The van der Waals surface area contributed by atoms with E-state index in [0.717, 1.165) is 50.9 Å². The zero-order chi connectivity index (χ0) is 15.4. The predicted molar refractivity (Wildman–Crippen MR) is 99.1 cm³/mol. The molecule has 0 bridgehead atoms. The van der Waals surface area contributed by atoms with E-state index < -0.39 is 5.54 Å². The largest absolute Gasteiger partial charge is 0.341 e. The highest BCUT2D eigenvalue weighted by Gasteiger charge is 2.40. The molecule has 128 valence electrons. The van der Waals surface area contributed by atoms with Crippen LogP contribution in [0.4, 0.5) is 0 Å². The minimum atomic E-state index is -0.570. The lowest BCUT2D eigenvalue weighted by Crippen LogP contribution is -2.55. The number of halogens is 1. The van der Waals surface area contributed by atoms with Crippen LogP contribution in [0.1, 0.15) is 38.5 Å². The first-order chi connectivity index (χ1) is 10.7. The van der Waals surface area contributed by atoms with Gasteiger partial charge >= 0.3 is 0 Å². The van der Waals surface area contributed by atoms with Gasteiger partial charge < -0.3 is 10.6 Å². The summed E-state index contributed by atoms with van der Waals surface area (Å²) in [6.07, 6.45) is 6.27. The Hall–Kier alpha value is -0.710. The van der Waals surface area contributed by atoms with Crippen LogP contribution in [0.15, 0.2) is 35.2 Å². The van der Waals surface area contributed by atoms with Crippen LogP contribution in [0.2, 0.25) is 0 Å². The third-order valence-electron chi connectivity index (χ3n) is 4.97. The van der Waals surface area contributed by atoms with E-state index in [1.807, 2.05) is 22.7 Å². The molecule has 1 amide bonds. The molecule has 0 spiro atoms. The van der Waals surface area contributed by atoms with E-state index in [9.17, 15) is 4.79 Å². The molecule has 1 unspecified atom stereocenters. The van der Waals surface area contributed by atoms with Gasteiger partial charge in [-0.3, -0.25) is 4.79 Å². The minimum Gasteiger partial charge on any atom is -0.341 e. The molecule has 5 heteroatoms. The molecule has 2 aliphatic rings.